The third kappa shape index (κ3) is 4.47. The lowest BCUT2D eigenvalue weighted by Gasteiger charge is -2.30. The van der Waals surface area contributed by atoms with Gasteiger partial charge in [-0.15, -0.1) is 0 Å². The normalized spacial score (nSPS) is 21.9. The first-order chi connectivity index (χ1) is 10.1. The molecule has 1 N–H and O–H groups in total. The molecular formula is C17H24BrNO2. The van der Waals surface area contributed by atoms with Crippen molar-refractivity contribution >= 4 is 27.6 Å². The molecule has 0 heterocycles. The van der Waals surface area contributed by atoms with Crippen LogP contribution in [0.15, 0.2) is 22.7 Å². The number of ether oxygens (including phenoxy) is 1. The Morgan fingerprint density at radius 2 is 2.19 bits per heavy atom. The van der Waals surface area contributed by atoms with Crippen molar-refractivity contribution in [3.63, 3.8) is 0 Å². The van der Waals surface area contributed by atoms with E-state index in [0.717, 1.165) is 16.1 Å². The number of esters is 1. The third-order valence-electron chi connectivity index (χ3n) is 4.20. The van der Waals surface area contributed by atoms with Crippen LogP contribution in [0.1, 0.15) is 56.3 Å². The number of carbonyl (C=O) groups excluding carboxylic acids is 1. The first-order valence-corrected chi connectivity index (χ1v) is 8.66. The smallest absolute Gasteiger partial charge is 0.338 e. The standard InChI is InChI=1S/C17H24BrNO2/c1-3-12-6-5-7-14(10-12)19-16-9-8-13(11-15(16)18)17(20)21-4-2/h8-9,11-12,14,19H,3-7,10H2,1-2H3. The highest BCUT2D eigenvalue weighted by Crippen LogP contribution is 2.31. The van der Waals surface area contributed by atoms with E-state index in [2.05, 4.69) is 28.2 Å². The van der Waals surface area contributed by atoms with Crippen molar-refractivity contribution < 1.29 is 9.53 Å². The molecule has 2 atom stereocenters. The molecule has 0 amide bonds. The molecule has 2 rings (SSSR count). The molecule has 0 saturated heterocycles. The van der Waals surface area contributed by atoms with Gasteiger partial charge in [-0.05, 0) is 59.8 Å². The van der Waals surface area contributed by atoms with Gasteiger partial charge in [0, 0.05) is 16.2 Å². The molecule has 0 spiro atoms. The number of rotatable bonds is 5. The van der Waals surface area contributed by atoms with E-state index in [4.69, 9.17) is 4.74 Å². The number of benzene rings is 1. The maximum absolute atomic E-state index is 11.7. The molecule has 0 aliphatic heterocycles. The Hall–Kier alpha value is -1.03. The van der Waals surface area contributed by atoms with Gasteiger partial charge in [-0.25, -0.2) is 4.79 Å². The van der Waals surface area contributed by atoms with Crippen molar-refractivity contribution in [3.8, 4) is 0 Å². The van der Waals surface area contributed by atoms with Crippen LogP contribution in [-0.2, 0) is 4.74 Å². The van der Waals surface area contributed by atoms with Crippen LogP contribution in [0, 0.1) is 5.92 Å². The Balaban J connectivity index is 2.02. The summed E-state index contributed by atoms with van der Waals surface area (Å²) in [7, 11) is 0. The second-order valence-corrected chi connectivity index (χ2v) is 6.55. The van der Waals surface area contributed by atoms with Crippen LogP contribution in [0.4, 0.5) is 5.69 Å². The maximum Gasteiger partial charge on any atom is 0.338 e. The molecule has 0 radical (unpaired) electrons. The number of hydrogen-bond donors (Lipinski definition) is 1. The lowest BCUT2D eigenvalue weighted by atomic mass is 9.84. The van der Waals surface area contributed by atoms with Gasteiger partial charge in [0.1, 0.15) is 0 Å². The average molecular weight is 354 g/mol. The third-order valence-corrected chi connectivity index (χ3v) is 4.86. The van der Waals surface area contributed by atoms with Crippen molar-refractivity contribution in [2.45, 2.75) is 52.0 Å². The van der Waals surface area contributed by atoms with Crippen LogP contribution >= 0.6 is 15.9 Å². The Bertz CT molecular complexity index is 490. The predicted molar refractivity (Wildman–Crippen MR) is 89.8 cm³/mol. The number of nitrogens with one attached hydrogen (secondary N) is 1. The minimum absolute atomic E-state index is 0.270. The summed E-state index contributed by atoms with van der Waals surface area (Å²) in [6.45, 7) is 4.49. The van der Waals surface area contributed by atoms with E-state index in [1.807, 2.05) is 25.1 Å². The fourth-order valence-electron chi connectivity index (χ4n) is 2.99. The van der Waals surface area contributed by atoms with E-state index in [9.17, 15) is 4.79 Å². The zero-order valence-electron chi connectivity index (χ0n) is 12.8. The average Bonchev–Trinajstić information content (AvgIpc) is 2.49. The summed E-state index contributed by atoms with van der Waals surface area (Å²) in [5.74, 6) is 0.572. The van der Waals surface area contributed by atoms with Gasteiger partial charge in [0.15, 0.2) is 0 Å². The molecule has 21 heavy (non-hydrogen) atoms. The molecule has 1 saturated carbocycles. The zero-order chi connectivity index (χ0) is 15.2. The Kier molecular flexibility index (Phi) is 6.09. The van der Waals surface area contributed by atoms with Crippen molar-refractivity contribution in [3.05, 3.63) is 28.2 Å². The second-order valence-electron chi connectivity index (χ2n) is 5.70. The van der Waals surface area contributed by atoms with Crippen molar-refractivity contribution in [1.29, 1.82) is 0 Å². The Morgan fingerprint density at radius 1 is 1.38 bits per heavy atom. The van der Waals surface area contributed by atoms with Crippen LogP contribution in [0.3, 0.4) is 0 Å². The molecule has 0 aromatic heterocycles. The minimum Gasteiger partial charge on any atom is -0.462 e. The van der Waals surface area contributed by atoms with Gasteiger partial charge in [0.05, 0.1) is 12.2 Å². The Morgan fingerprint density at radius 3 is 2.86 bits per heavy atom. The topological polar surface area (TPSA) is 38.3 Å². The fraction of sp³-hybridized carbons (Fsp3) is 0.588. The van der Waals surface area contributed by atoms with Crippen LogP contribution in [-0.4, -0.2) is 18.6 Å². The molecule has 1 fully saturated rings. The number of carbonyl (C=O) groups is 1. The van der Waals surface area contributed by atoms with E-state index in [1.54, 1.807) is 0 Å². The van der Waals surface area contributed by atoms with E-state index in [-0.39, 0.29) is 5.97 Å². The molecule has 1 aliphatic rings. The first kappa shape index (κ1) is 16.3. The Labute approximate surface area is 135 Å². The van der Waals surface area contributed by atoms with Crippen LogP contribution in [0.5, 0.6) is 0 Å². The van der Waals surface area contributed by atoms with Crippen LogP contribution in [0.2, 0.25) is 0 Å². The summed E-state index contributed by atoms with van der Waals surface area (Å²) in [6.07, 6.45) is 6.39. The highest BCUT2D eigenvalue weighted by Gasteiger charge is 2.21. The van der Waals surface area contributed by atoms with Crippen LogP contribution in [0.25, 0.3) is 0 Å². The van der Waals surface area contributed by atoms with Gasteiger partial charge in [0.2, 0.25) is 0 Å². The predicted octanol–water partition coefficient (Wildman–Crippen LogP) is 5.01. The minimum atomic E-state index is -0.270. The van der Waals surface area contributed by atoms with Gasteiger partial charge in [-0.1, -0.05) is 26.2 Å². The quantitative estimate of drug-likeness (QED) is 0.756. The molecule has 4 heteroatoms. The highest BCUT2D eigenvalue weighted by molar-refractivity contribution is 9.10. The number of hydrogen-bond acceptors (Lipinski definition) is 3. The summed E-state index contributed by atoms with van der Waals surface area (Å²) in [4.78, 5) is 11.7. The molecule has 116 valence electrons. The SMILES string of the molecule is CCOC(=O)c1ccc(NC2CCCC(CC)C2)c(Br)c1. The summed E-state index contributed by atoms with van der Waals surface area (Å²) in [6, 6.07) is 6.16. The van der Waals surface area contributed by atoms with Gasteiger partial charge in [-0.3, -0.25) is 0 Å². The molecular weight excluding hydrogens is 330 g/mol. The first-order valence-electron chi connectivity index (χ1n) is 7.87. The van der Waals surface area contributed by atoms with E-state index >= 15 is 0 Å². The van der Waals surface area contributed by atoms with Crippen LogP contribution < -0.4 is 5.32 Å². The zero-order valence-corrected chi connectivity index (χ0v) is 14.4. The summed E-state index contributed by atoms with van der Waals surface area (Å²) < 4.78 is 5.94. The van der Waals surface area contributed by atoms with E-state index in [0.29, 0.717) is 18.2 Å². The van der Waals surface area contributed by atoms with Gasteiger partial charge in [0.25, 0.3) is 0 Å². The lowest BCUT2D eigenvalue weighted by molar-refractivity contribution is 0.0526. The van der Waals surface area contributed by atoms with Crippen molar-refractivity contribution in [2.75, 3.05) is 11.9 Å². The summed E-state index contributed by atoms with van der Waals surface area (Å²) in [5.41, 5.74) is 1.65. The van der Waals surface area contributed by atoms with Gasteiger partial charge >= 0.3 is 5.97 Å². The molecule has 3 nitrogen and oxygen atoms in total. The molecule has 2 unspecified atom stereocenters. The monoisotopic (exact) mass is 353 g/mol. The largest absolute Gasteiger partial charge is 0.462 e. The molecule has 0 bridgehead atoms. The summed E-state index contributed by atoms with van der Waals surface area (Å²) in [5, 5.41) is 3.61. The van der Waals surface area contributed by atoms with Crippen molar-refractivity contribution in [1.82, 2.24) is 0 Å². The van der Waals surface area contributed by atoms with Gasteiger partial charge in [-0.2, -0.15) is 0 Å². The molecule has 1 aromatic rings. The number of halogens is 1. The number of anilines is 1. The highest BCUT2D eigenvalue weighted by atomic mass is 79.9. The van der Waals surface area contributed by atoms with Crippen molar-refractivity contribution in [2.24, 2.45) is 5.92 Å². The van der Waals surface area contributed by atoms with E-state index in [1.165, 1.54) is 32.1 Å². The van der Waals surface area contributed by atoms with E-state index < -0.39 is 0 Å². The molecule has 1 aliphatic carbocycles. The second kappa shape index (κ2) is 7.83. The fourth-order valence-corrected chi connectivity index (χ4v) is 3.48. The lowest BCUT2D eigenvalue weighted by Crippen LogP contribution is -2.27. The maximum atomic E-state index is 11.7. The molecule has 1 aromatic carbocycles. The van der Waals surface area contributed by atoms with Gasteiger partial charge < -0.3 is 10.1 Å². The summed E-state index contributed by atoms with van der Waals surface area (Å²) >= 11 is 3.56.